The molecule has 0 atom stereocenters. The van der Waals surface area contributed by atoms with E-state index in [0.29, 0.717) is 0 Å². The van der Waals surface area contributed by atoms with Crippen molar-refractivity contribution in [2.45, 2.75) is 12.8 Å². The maximum atomic E-state index is 5.89. The minimum atomic E-state index is 0. The van der Waals surface area contributed by atoms with Crippen LogP contribution in [0, 0.1) is 0 Å². The van der Waals surface area contributed by atoms with E-state index in [4.69, 9.17) is 4.74 Å². The van der Waals surface area contributed by atoms with Gasteiger partial charge in [-0.25, -0.2) is 0 Å². The fourth-order valence-corrected chi connectivity index (χ4v) is 2.09. The van der Waals surface area contributed by atoms with Gasteiger partial charge in [0.25, 0.3) is 0 Å². The Kier molecular flexibility index (Phi) is 9.04. The fraction of sp³-hybridized carbons (Fsp3) is 0.263. The van der Waals surface area contributed by atoms with Crippen molar-refractivity contribution in [1.29, 1.82) is 0 Å². The summed E-state index contributed by atoms with van der Waals surface area (Å²) in [4.78, 5) is 0. The summed E-state index contributed by atoms with van der Waals surface area (Å²) in [6.07, 6.45) is 6.43. The number of ether oxygens (including phenoxy) is 1. The van der Waals surface area contributed by atoms with E-state index in [-0.39, 0.29) is 12.4 Å². The van der Waals surface area contributed by atoms with E-state index < -0.39 is 0 Å². The van der Waals surface area contributed by atoms with Crippen molar-refractivity contribution in [3.05, 3.63) is 65.7 Å². The second-order valence-corrected chi connectivity index (χ2v) is 4.94. The molecule has 2 nitrogen and oxygen atoms in total. The van der Waals surface area contributed by atoms with E-state index in [2.05, 4.69) is 35.7 Å². The zero-order chi connectivity index (χ0) is 14.8. The summed E-state index contributed by atoms with van der Waals surface area (Å²) >= 11 is 0. The number of hydrogen-bond donors (Lipinski definition) is 1. The van der Waals surface area contributed by atoms with Gasteiger partial charge in [0, 0.05) is 5.56 Å². The summed E-state index contributed by atoms with van der Waals surface area (Å²) in [5, 5.41) is 3.15. The topological polar surface area (TPSA) is 21.3 Å². The average Bonchev–Trinajstić information content (AvgIpc) is 2.55. The van der Waals surface area contributed by atoms with Gasteiger partial charge in [0.05, 0.1) is 6.61 Å². The lowest BCUT2D eigenvalue weighted by Crippen LogP contribution is -2.09. The summed E-state index contributed by atoms with van der Waals surface area (Å²) in [6, 6.07) is 18.5. The molecule has 0 amide bonds. The smallest absolute Gasteiger partial charge is 0.126 e. The summed E-state index contributed by atoms with van der Waals surface area (Å²) in [7, 11) is 1.98. The Bertz CT molecular complexity index is 554. The maximum absolute atomic E-state index is 5.89. The molecule has 0 aromatic heterocycles. The number of hydrogen-bond acceptors (Lipinski definition) is 2. The zero-order valence-electron chi connectivity index (χ0n) is 13.0. The van der Waals surface area contributed by atoms with E-state index in [9.17, 15) is 0 Å². The molecule has 0 aliphatic rings. The quantitative estimate of drug-likeness (QED) is 0.565. The highest BCUT2D eigenvalue weighted by Gasteiger charge is 1.99. The standard InChI is InChI=1S/C19H23NO.ClH/c1-20-15-7-8-16-21-19-12-6-5-11-18(19)14-13-17-9-3-2-4-10-17;/h2-6,9-14,20H,7-8,15-16H2,1H3;1H. The fourth-order valence-electron chi connectivity index (χ4n) is 2.09. The van der Waals surface area contributed by atoms with Crippen molar-refractivity contribution in [2.75, 3.05) is 20.2 Å². The van der Waals surface area contributed by atoms with Crippen LogP contribution >= 0.6 is 12.4 Å². The van der Waals surface area contributed by atoms with Crippen molar-refractivity contribution in [3.63, 3.8) is 0 Å². The van der Waals surface area contributed by atoms with Crippen LogP contribution in [0.4, 0.5) is 0 Å². The summed E-state index contributed by atoms with van der Waals surface area (Å²) in [5.41, 5.74) is 2.32. The molecule has 0 radical (unpaired) electrons. The molecule has 0 bridgehead atoms. The Morgan fingerprint density at radius 2 is 1.64 bits per heavy atom. The predicted molar refractivity (Wildman–Crippen MR) is 97.7 cm³/mol. The van der Waals surface area contributed by atoms with Crippen LogP contribution in [0.5, 0.6) is 5.75 Å². The number of halogens is 1. The summed E-state index contributed by atoms with van der Waals surface area (Å²) in [6.45, 7) is 1.80. The first-order chi connectivity index (χ1) is 10.4. The first-order valence-corrected chi connectivity index (χ1v) is 7.50. The largest absolute Gasteiger partial charge is 0.493 e. The number of para-hydroxylation sites is 1. The molecule has 0 saturated heterocycles. The molecule has 1 N–H and O–H groups in total. The lowest BCUT2D eigenvalue weighted by Gasteiger charge is -2.09. The van der Waals surface area contributed by atoms with Crippen LogP contribution in [0.15, 0.2) is 54.6 Å². The molecular formula is C19H24ClNO. The number of unbranched alkanes of at least 4 members (excludes halogenated alkanes) is 1. The Labute approximate surface area is 139 Å². The van der Waals surface area contributed by atoms with Crippen LogP contribution in [0.25, 0.3) is 12.2 Å². The molecule has 0 unspecified atom stereocenters. The molecule has 0 fully saturated rings. The maximum Gasteiger partial charge on any atom is 0.126 e. The lowest BCUT2D eigenvalue weighted by molar-refractivity contribution is 0.306. The van der Waals surface area contributed by atoms with E-state index in [1.54, 1.807) is 0 Å². The van der Waals surface area contributed by atoms with Gasteiger partial charge in [-0.1, -0.05) is 60.7 Å². The number of rotatable bonds is 8. The van der Waals surface area contributed by atoms with E-state index in [1.165, 1.54) is 5.56 Å². The summed E-state index contributed by atoms with van der Waals surface area (Å²) < 4.78 is 5.89. The van der Waals surface area contributed by atoms with Gasteiger partial charge in [0.15, 0.2) is 0 Å². The molecule has 0 spiro atoms. The Hall–Kier alpha value is -1.77. The lowest BCUT2D eigenvalue weighted by atomic mass is 10.1. The van der Waals surface area contributed by atoms with Gasteiger partial charge in [-0.3, -0.25) is 0 Å². The monoisotopic (exact) mass is 317 g/mol. The molecule has 118 valence electrons. The van der Waals surface area contributed by atoms with Crippen molar-refractivity contribution >= 4 is 24.6 Å². The Balaban J connectivity index is 0.00000242. The van der Waals surface area contributed by atoms with Gasteiger partial charge in [-0.05, 0) is 38.1 Å². The van der Waals surface area contributed by atoms with Gasteiger partial charge < -0.3 is 10.1 Å². The Morgan fingerprint density at radius 1 is 0.909 bits per heavy atom. The summed E-state index contributed by atoms with van der Waals surface area (Å²) in [5.74, 6) is 0.953. The SMILES string of the molecule is CNCCCCOc1ccccc1C=Cc1ccccc1.Cl. The highest BCUT2D eigenvalue weighted by molar-refractivity contribution is 5.85. The van der Waals surface area contributed by atoms with E-state index in [1.807, 2.05) is 43.4 Å². The van der Waals surface area contributed by atoms with Crippen LogP contribution in [0.2, 0.25) is 0 Å². The van der Waals surface area contributed by atoms with Crippen molar-refractivity contribution < 1.29 is 4.74 Å². The third-order valence-electron chi connectivity index (χ3n) is 3.25. The number of benzene rings is 2. The van der Waals surface area contributed by atoms with Gasteiger partial charge in [0.2, 0.25) is 0 Å². The van der Waals surface area contributed by atoms with E-state index in [0.717, 1.165) is 37.3 Å². The highest BCUT2D eigenvalue weighted by Crippen LogP contribution is 2.21. The Morgan fingerprint density at radius 3 is 2.41 bits per heavy atom. The average molecular weight is 318 g/mol. The second kappa shape index (κ2) is 10.9. The predicted octanol–water partition coefficient (Wildman–Crippen LogP) is 4.66. The van der Waals surface area contributed by atoms with Crippen LogP contribution in [0.1, 0.15) is 24.0 Å². The van der Waals surface area contributed by atoms with Crippen molar-refractivity contribution in [2.24, 2.45) is 0 Å². The van der Waals surface area contributed by atoms with Gasteiger partial charge >= 0.3 is 0 Å². The first-order valence-electron chi connectivity index (χ1n) is 7.50. The van der Waals surface area contributed by atoms with Crippen LogP contribution in [-0.2, 0) is 0 Å². The third-order valence-corrected chi connectivity index (χ3v) is 3.25. The normalized spacial score (nSPS) is 10.4. The van der Waals surface area contributed by atoms with E-state index >= 15 is 0 Å². The molecular weight excluding hydrogens is 294 g/mol. The van der Waals surface area contributed by atoms with Gasteiger partial charge in [-0.2, -0.15) is 0 Å². The second-order valence-electron chi connectivity index (χ2n) is 4.94. The van der Waals surface area contributed by atoms with Crippen LogP contribution in [0.3, 0.4) is 0 Å². The molecule has 22 heavy (non-hydrogen) atoms. The minimum Gasteiger partial charge on any atom is -0.493 e. The van der Waals surface area contributed by atoms with Crippen LogP contribution in [-0.4, -0.2) is 20.2 Å². The molecule has 2 aromatic carbocycles. The van der Waals surface area contributed by atoms with Crippen molar-refractivity contribution in [3.8, 4) is 5.75 Å². The third kappa shape index (κ3) is 6.33. The first kappa shape index (κ1) is 18.3. The molecule has 0 aliphatic carbocycles. The van der Waals surface area contributed by atoms with Crippen LogP contribution < -0.4 is 10.1 Å². The minimum absolute atomic E-state index is 0. The number of nitrogens with one attached hydrogen (secondary N) is 1. The highest BCUT2D eigenvalue weighted by atomic mass is 35.5. The molecule has 2 aromatic rings. The zero-order valence-corrected chi connectivity index (χ0v) is 13.8. The molecule has 2 rings (SSSR count). The molecule has 0 heterocycles. The molecule has 0 aliphatic heterocycles. The van der Waals surface area contributed by atoms with Gasteiger partial charge in [0.1, 0.15) is 5.75 Å². The molecule has 3 heteroatoms. The molecule has 0 saturated carbocycles. The van der Waals surface area contributed by atoms with Crippen molar-refractivity contribution in [1.82, 2.24) is 5.32 Å². The van der Waals surface area contributed by atoms with Gasteiger partial charge in [-0.15, -0.1) is 12.4 Å².